The van der Waals surface area contributed by atoms with E-state index in [9.17, 15) is 17.6 Å². The third kappa shape index (κ3) is 3.89. The van der Waals surface area contributed by atoms with E-state index >= 15 is 0 Å². The van der Waals surface area contributed by atoms with Crippen LogP contribution in [0.2, 0.25) is 0 Å². The van der Waals surface area contributed by atoms with Gasteiger partial charge >= 0.3 is 6.18 Å². The van der Waals surface area contributed by atoms with Crippen molar-refractivity contribution in [3.8, 4) is 11.3 Å². The molecule has 0 aliphatic rings. The van der Waals surface area contributed by atoms with Crippen LogP contribution >= 0.6 is 12.6 Å². The zero-order valence-electron chi connectivity index (χ0n) is 14.9. The summed E-state index contributed by atoms with van der Waals surface area (Å²) in [7, 11) is 0. The van der Waals surface area contributed by atoms with Gasteiger partial charge in [0.15, 0.2) is 5.82 Å². The number of nitrogens with one attached hydrogen (secondary N) is 1. The number of hydrogen-bond donors (Lipinski definition) is 3. The largest absolute Gasteiger partial charge is 0.416 e. The Morgan fingerprint density at radius 1 is 1.07 bits per heavy atom. The second-order valence-corrected chi connectivity index (χ2v) is 6.62. The Morgan fingerprint density at radius 2 is 1.79 bits per heavy atom. The summed E-state index contributed by atoms with van der Waals surface area (Å²) >= 11 is 4.44. The van der Waals surface area contributed by atoms with Crippen LogP contribution in [-0.2, 0) is 6.18 Å². The lowest BCUT2D eigenvalue weighted by molar-refractivity contribution is -0.137. The normalized spacial score (nSPS) is 11.5. The second-order valence-electron chi connectivity index (χ2n) is 6.17. The number of hydrogen-bond acceptors (Lipinski definition) is 5. The van der Waals surface area contributed by atoms with Gasteiger partial charge in [-0.1, -0.05) is 12.1 Å². The first-order chi connectivity index (χ1) is 13.1. The highest BCUT2D eigenvalue weighted by Gasteiger charge is 2.31. The maximum atomic E-state index is 14.4. The minimum absolute atomic E-state index is 0.00888. The molecule has 0 saturated carbocycles. The molecule has 0 aliphatic carbocycles. The molecular weight excluding hydrogens is 392 g/mol. The highest BCUT2D eigenvalue weighted by Crippen LogP contribution is 2.36. The first kappa shape index (κ1) is 19.9. The van der Waals surface area contributed by atoms with Crippen molar-refractivity contribution in [1.82, 2.24) is 9.97 Å². The Balaban J connectivity index is 2.08. The molecule has 4 nitrogen and oxygen atoms in total. The van der Waals surface area contributed by atoms with Crippen LogP contribution in [-0.4, -0.2) is 9.97 Å². The van der Waals surface area contributed by atoms with Gasteiger partial charge in [0.1, 0.15) is 23.0 Å². The summed E-state index contributed by atoms with van der Waals surface area (Å²) in [5.74, 6) is -0.585. The summed E-state index contributed by atoms with van der Waals surface area (Å²) in [6.07, 6.45) is -4.65. The van der Waals surface area contributed by atoms with Gasteiger partial charge in [0.05, 0.1) is 11.3 Å². The van der Waals surface area contributed by atoms with Gasteiger partial charge in [-0.25, -0.2) is 14.4 Å². The lowest BCUT2D eigenvalue weighted by Crippen LogP contribution is -2.08. The molecule has 1 heterocycles. The highest BCUT2D eigenvalue weighted by molar-refractivity contribution is 7.80. The number of benzene rings is 2. The average Bonchev–Trinajstić information content (AvgIpc) is 2.61. The maximum Gasteiger partial charge on any atom is 0.416 e. The van der Waals surface area contributed by atoms with E-state index in [1.807, 2.05) is 19.1 Å². The van der Waals surface area contributed by atoms with E-state index in [0.717, 1.165) is 17.7 Å². The van der Waals surface area contributed by atoms with Crippen molar-refractivity contribution in [2.75, 3.05) is 11.1 Å². The van der Waals surface area contributed by atoms with Crippen LogP contribution in [0, 0.1) is 19.7 Å². The molecule has 0 radical (unpaired) electrons. The first-order valence-electron chi connectivity index (χ1n) is 8.14. The van der Waals surface area contributed by atoms with Gasteiger partial charge in [-0.05, 0) is 43.7 Å². The number of alkyl halides is 3. The molecule has 0 spiro atoms. The summed E-state index contributed by atoms with van der Waals surface area (Å²) in [6.45, 7) is 3.46. The maximum absolute atomic E-state index is 14.4. The lowest BCUT2D eigenvalue weighted by Gasteiger charge is -2.15. The highest BCUT2D eigenvalue weighted by atomic mass is 32.1. The number of nitrogen functional groups attached to an aromatic ring is 1. The molecular formula is C19H16F4N4S. The number of anilines is 3. The Morgan fingerprint density at radius 3 is 2.43 bits per heavy atom. The SMILES string of the molecule is Cc1nc(Nc2cccc(C)c2S)c(N)c(-c2ccc(C(F)(F)F)cc2F)n1. The number of thiol groups is 1. The zero-order chi connectivity index (χ0) is 20.6. The molecule has 28 heavy (non-hydrogen) atoms. The quantitative estimate of drug-likeness (QED) is 0.394. The van der Waals surface area contributed by atoms with Crippen LogP contribution in [0.3, 0.4) is 0 Å². The number of aromatic nitrogens is 2. The van der Waals surface area contributed by atoms with Gasteiger partial charge in [0, 0.05) is 10.5 Å². The molecule has 0 atom stereocenters. The predicted octanol–water partition coefficient (Wildman–Crippen LogP) is 5.53. The minimum atomic E-state index is -4.65. The molecule has 146 valence electrons. The van der Waals surface area contributed by atoms with E-state index in [0.29, 0.717) is 16.6 Å². The number of halogens is 4. The molecule has 0 unspecified atom stereocenters. The van der Waals surface area contributed by atoms with Crippen molar-refractivity contribution in [3.63, 3.8) is 0 Å². The van der Waals surface area contributed by atoms with Gasteiger partial charge in [-0.2, -0.15) is 13.2 Å². The van der Waals surface area contributed by atoms with E-state index in [4.69, 9.17) is 5.73 Å². The standard InChI is InChI=1S/C19H16F4N4S/c1-9-4-3-5-14(17(9)28)27-18-15(24)16(25-10(2)26-18)12-7-6-11(8-13(12)20)19(21,22)23/h3-8,28H,24H2,1-2H3,(H,25,26,27). The van der Waals surface area contributed by atoms with Crippen molar-refractivity contribution in [2.45, 2.75) is 24.9 Å². The zero-order valence-corrected chi connectivity index (χ0v) is 15.8. The smallest absolute Gasteiger partial charge is 0.394 e. The molecule has 3 aromatic rings. The number of rotatable bonds is 3. The number of nitrogens with zero attached hydrogens (tertiary/aromatic N) is 2. The van der Waals surface area contributed by atoms with Gasteiger partial charge in [-0.3, -0.25) is 0 Å². The van der Waals surface area contributed by atoms with Crippen molar-refractivity contribution in [2.24, 2.45) is 0 Å². The molecule has 0 fully saturated rings. The van der Waals surface area contributed by atoms with E-state index in [-0.39, 0.29) is 28.6 Å². The molecule has 0 saturated heterocycles. The molecule has 1 aromatic heterocycles. The Bertz CT molecular complexity index is 1050. The summed E-state index contributed by atoms with van der Waals surface area (Å²) in [6, 6.07) is 7.69. The van der Waals surface area contributed by atoms with Crippen LogP contribution in [0.5, 0.6) is 0 Å². The van der Waals surface area contributed by atoms with Gasteiger partial charge in [0.25, 0.3) is 0 Å². The summed E-state index contributed by atoms with van der Waals surface area (Å²) < 4.78 is 52.8. The monoisotopic (exact) mass is 408 g/mol. The molecule has 3 rings (SSSR count). The molecule has 9 heteroatoms. The summed E-state index contributed by atoms with van der Waals surface area (Å²) in [4.78, 5) is 9.03. The van der Waals surface area contributed by atoms with E-state index in [2.05, 4.69) is 27.9 Å². The summed E-state index contributed by atoms with van der Waals surface area (Å²) in [5, 5.41) is 3.03. The first-order valence-corrected chi connectivity index (χ1v) is 8.59. The summed E-state index contributed by atoms with van der Waals surface area (Å²) in [5.41, 5.74) is 6.46. The average molecular weight is 408 g/mol. The van der Waals surface area contributed by atoms with Gasteiger partial charge in [0.2, 0.25) is 0 Å². The third-order valence-electron chi connectivity index (χ3n) is 4.10. The topological polar surface area (TPSA) is 63.8 Å². The van der Waals surface area contributed by atoms with Crippen molar-refractivity contribution in [3.05, 3.63) is 59.2 Å². The third-order valence-corrected chi connectivity index (χ3v) is 4.69. The predicted molar refractivity (Wildman–Crippen MR) is 103 cm³/mol. The molecule has 2 aromatic carbocycles. The van der Waals surface area contributed by atoms with Crippen molar-refractivity contribution < 1.29 is 17.6 Å². The molecule has 0 amide bonds. The molecule has 0 bridgehead atoms. The Labute approximate surface area is 164 Å². The van der Waals surface area contributed by atoms with Crippen molar-refractivity contribution >= 4 is 29.8 Å². The fourth-order valence-corrected chi connectivity index (χ4v) is 2.86. The number of nitrogens with two attached hydrogens (primary N) is 1. The van der Waals surface area contributed by atoms with Crippen LogP contribution in [0.1, 0.15) is 17.0 Å². The van der Waals surface area contributed by atoms with Crippen LogP contribution in [0.4, 0.5) is 34.8 Å². The van der Waals surface area contributed by atoms with Crippen LogP contribution in [0.15, 0.2) is 41.3 Å². The van der Waals surface area contributed by atoms with E-state index in [1.165, 1.54) is 0 Å². The number of aryl methyl sites for hydroxylation is 2. The molecule has 0 aliphatic heterocycles. The minimum Gasteiger partial charge on any atom is -0.394 e. The van der Waals surface area contributed by atoms with Crippen molar-refractivity contribution in [1.29, 1.82) is 0 Å². The fourth-order valence-electron chi connectivity index (χ4n) is 2.65. The lowest BCUT2D eigenvalue weighted by atomic mass is 10.1. The van der Waals surface area contributed by atoms with Gasteiger partial charge in [-0.15, -0.1) is 12.6 Å². The van der Waals surface area contributed by atoms with E-state index < -0.39 is 17.6 Å². The Hall–Kier alpha value is -2.81. The second kappa shape index (κ2) is 7.31. The van der Waals surface area contributed by atoms with Crippen LogP contribution in [0.25, 0.3) is 11.3 Å². The van der Waals surface area contributed by atoms with Crippen LogP contribution < -0.4 is 11.1 Å². The molecule has 3 N–H and O–H groups in total. The Kier molecular flexibility index (Phi) is 5.20. The van der Waals surface area contributed by atoms with Gasteiger partial charge < -0.3 is 11.1 Å². The fraction of sp³-hybridized carbons (Fsp3) is 0.158. The van der Waals surface area contributed by atoms with E-state index in [1.54, 1.807) is 13.0 Å².